The molecule has 0 bridgehead atoms. The van der Waals surface area contributed by atoms with Crippen LogP contribution >= 0.6 is 15.6 Å². The zero-order valence-corrected chi connectivity index (χ0v) is 62.7. The maximum atomic E-state index is 13.1. The third kappa shape index (κ3) is 69.7. The predicted octanol–water partition coefficient (Wildman–Crippen LogP) is 21.3. The number of unbranched alkanes of at least 4 members (excludes halogenated alkanes) is 22. The number of hydrogen-bond acceptors (Lipinski definition) is 15. The summed E-state index contributed by atoms with van der Waals surface area (Å²) >= 11 is 0. The second-order valence-electron chi connectivity index (χ2n) is 24.5. The molecule has 19 heteroatoms. The average Bonchev–Trinajstić information content (AvgIpc) is 0.959. The Hall–Kier alpha value is -4.80. The summed E-state index contributed by atoms with van der Waals surface area (Å²) in [6.45, 7) is 4.43. The lowest BCUT2D eigenvalue weighted by atomic mass is 10.0. The first-order chi connectivity index (χ1) is 47.7. The van der Waals surface area contributed by atoms with Gasteiger partial charge in [0.15, 0.2) is 12.2 Å². The van der Waals surface area contributed by atoms with E-state index in [2.05, 4.69) is 137 Å². The number of carbonyl (C=O) groups is 4. The van der Waals surface area contributed by atoms with Gasteiger partial charge in [-0.2, -0.15) is 0 Å². The van der Waals surface area contributed by atoms with Crippen LogP contribution in [-0.2, 0) is 65.4 Å². The van der Waals surface area contributed by atoms with E-state index in [9.17, 15) is 43.2 Å². The molecule has 0 aliphatic rings. The number of aliphatic hydroxyl groups excluding tert-OH is 1. The van der Waals surface area contributed by atoms with Gasteiger partial charge >= 0.3 is 39.5 Å². The van der Waals surface area contributed by atoms with Crippen molar-refractivity contribution in [3.8, 4) is 0 Å². The molecule has 0 saturated heterocycles. The first-order valence-corrected chi connectivity index (χ1v) is 40.4. The molecule has 0 heterocycles. The Morgan fingerprint density at radius 1 is 0.306 bits per heavy atom. The van der Waals surface area contributed by atoms with Crippen LogP contribution < -0.4 is 0 Å². The van der Waals surface area contributed by atoms with E-state index >= 15 is 0 Å². The van der Waals surface area contributed by atoms with E-state index < -0.39 is 97.5 Å². The highest BCUT2D eigenvalue weighted by molar-refractivity contribution is 7.47. The van der Waals surface area contributed by atoms with Crippen LogP contribution in [0.3, 0.4) is 0 Å². The van der Waals surface area contributed by atoms with Gasteiger partial charge in [0.05, 0.1) is 32.8 Å². The Morgan fingerprint density at radius 2 is 0.571 bits per heavy atom. The minimum absolute atomic E-state index is 0.0648. The van der Waals surface area contributed by atoms with Gasteiger partial charge in [-0.25, -0.2) is 9.13 Å². The molecule has 5 unspecified atom stereocenters. The monoisotopic (exact) mass is 1410 g/mol. The molecule has 98 heavy (non-hydrogen) atoms. The van der Waals surface area contributed by atoms with E-state index in [0.29, 0.717) is 25.7 Å². The number of rotatable bonds is 69. The number of hydrogen-bond donors (Lipinski definition) is 3. The Balaban J connectivity index is 5.46. The van der Waals surface area contributed by atoms with Gasteiger partial charge < -0.3 is 33.8 Å². The molecule has 0 fully saturated rings. The highest BCUT2D eigenvalue weighted by atomic mass is 31.2. The molecular weight excluding hydrogens is 1280 g/mol. The Morgan fingerprint density at radius 3 is 0.949 bits per heavy atom. The van der Waals surface area contributed by atoms with Crippen molar-refractivity contribution in [2.24, 2.45) is 0 Å². The van der Waals surface area contributed by atoms with E-state index in [1.807, 2.05) is 18.2 Å². The molecule has 0 aromatic rings. The van der Waals surface area contributed by atoms with E-state index in [-0.39, 0.29) is 25.7 Å². The maximum absolute atomic E-state index is 13.1. The van der Waals surface area contributed by atoms with Gasteiger partial charge in [-0.1, -0.05) is 271 Å². The van der Waals surface area contributed by atoms with Crippen molar-refractivity contribution in [3.05, 3.63) is 134 Å². The van der Waals surface area contributed by atoms with Gasteiger partial charge in [0.1, 0.15) is 19.3 Å². The summed E-state index contributed by atoms with van der Waals surface area (Å²) < 4.78 is 68.2. The van der Waals surface area contributed by atoms with Crippen LogP contribution in [0.25, 0.3) is 0 Å². The van der Waals surface area contributed by atoms with E-state index in [0.717, 1.165) is 135 Å². The number of carbonyl (C=O) groups excluding carboxylic acids is 4. The molecule has 0 rings (SSSR count). The van der Waals surface area contributed by atoms with Crippen LogP contribution in [0.1, 0.15) is 285 Å². The molecule has 3 N–H and O–H groups in total. The first-order valence-electron chi connectivity index (χ1n) is 37.4. The number of phosphoric ester groups is 2. The average molecular weight is 1420 g/mol. The predicted molar refractivity (Wildman–Crippen MR) is 399 cm³/mol. The molecule has 17 nitrogen and oxygen atoms in total. The molecule has 0 aliphatic carbocycles. The minimum atomic E-state index is -5.00. The Labute approximate surface area is 593 Å². The third-order valence-electron chi connectivity index (χ3n) is 15.1. The summed E-state index contributed by atoms with van der Waals surface area (Å²) in [5, 5.41) is 10.6. The molecule has 0 aliphatic heterocycles. The fourth-order valence-electron chi connectivity index (χ4n) is 9.49. The summed E-state index contributed by atoms with van der Waals surface area (Å²) in [4.78, 5) is 72.7. The molecule has 0 aromatic carbocycles. The molecule has 0 spiro atoms. The zero-order valence-electron chi connectivity index (χ0n) is 60.9. The van der Waals surface area contributed by atoms with Crippen molar-refractivity contribution >= 4 is 39.5 Å². The Kier molecular flexibility index (Phi) is 67.2. The van der Waals surface area contributed by atoms with Gasteiger partial charge in [-0.15, -0.1) is 0 Å². The summed E-state index contributed by atoms with van der Waals surface area (Å²) in [5.74, 6) is -2.39. The Bertz CT molecular complexity index is 2380. The van der Waals surface area contributed by atoms with Crippen molar-refractivity contribution in [1.29, 1.82) is 0 Å². The number of ether oxygens (including phenoxy) is 4. The van der Waals surface area contributed by atoms with Crippen molar-refractivity contribution in [3.63, 3.8) is 0 Å². The number of aliphatic hydroxyl groups is 1. The summed E-state index contributed by atoms with van der Waals surface area (Å²) in [6, 6.07) is 0. The summed E-state index contributed by atoms with van der Waals surface area (Å²) in [7, 11) is -9.99. The van der Waals surface area contributed by atoms with E-state index in [4.69, 9.17) is 37.0 Å². The smallest absolute Gasteiger partial charge is 0.462 e. The molecule has 5 atom stereocenters. The lowest BCUT2D eigenvalue weighted by molar-refractivity contribution is -0.161. The molecule has 0 radical (unpaired) electrons. The maximum Gasteiger partial charge on any atom is 0.472 e. The van der Waals surface area contributed by atoms with Gasteiger partial charge in [-0.05, 0) is 122 Å². The number of allylic oxidation sites excluding steroid dienone is 21. The normalized spacial score (nSPS) is 14.7. The minimum Gasteiger partial charge on any atom is -0.462 e. The zero-order chi connectivity index (χ0) is 71.8. The van der Waals surface area contributed by atoms with Gasteiger partial charge in [0.25, 0.3) is 0 Å². The van der Waals surface area contributed by atoms with Crippen LogP contribution in [0.2, 0.25) is 0 Å². The van der Waals surface area contributed by atoms with Gasteiger partial charge in [0, 0.05) is 19.3 Å². The van der Waals surface area contributed by atoms with Crippen LogP contribution in [0.15, 0.2) is 134 Å². The van der Waals surface area contributed by atoms with Crippen LogP contribution in [0.4, 0.5) is 0 Å². The topological polar surface area (TPSA) is 237 Å². The number of esters is 4. The van der Waals surface area contributed by atoms with Gasteiger partial charge in [-0.3, -0.25) is 37.3 Å². The summed E-state index contributed by atoms with van der Waals surface area (Å²) in [6.07, 6.45) is 77.7. The first kappa shape index (κ1) is 93.2. The lowest BCUT2D eigenvalue weighted by Crippen LogP contribution is -2.30. The van der Waals surface area contributed by atoms with E-state index in [1.165, 1.54) is 70.6 Å². The van der Waals surface area contributed by atoms with Crippen molar-refractivity contribution in [2.45, 2.75) is 303 Å². The third-order valence-corrected chi connectivity index (χ3v) is 17.0. The quantitative estimate of drug-likeness (QED) is 0.0169. The van der Waals surface area contributed by atoms with E-state index in [1.54, 1.807) is 6.08 Å². The highest BCUT2D eigenvalue weighted by Crippen LogP contribution is 2.45. The summed E-state index contributed by atoms with van der Waals surface area (Å²) in [5.41, 5.74) is 0. The fraction of sp³-hybridized carbons (Fsp3) is 0.671. The van der Waals surface area contributed by atoms with Crippen molar-refractivity contribution in [2.75, 3.05) is 39.6 Å². The molecule has 560 valence electrons. The van der Waals surface area contributed by atoms with Gasteiger partial charge in [0.2, 0.25) is 0 Å². The van der Waals surface area contributed by atoms with Crippen LogP contribution in [-0.4, -0.2) is 96.7 Å². The number of phosphoric acid groups is 2. The standard InChI is InChI=1S/C79H132O17P2/c1-5-9-13-17-21-25-29-33-36-40-43-47-51-55-59-63-76(81)89-69-74(95-78(83)65-61-57-53-49-45-39-32-28-24-20-16-12-8-4)71-93-97(85,86)91-67-73(80)68-92-98(87,88)94-72-75(96-79(84)66-62-58-54-50-46-42-38-35-31-27-23-19-15-11-7-3)70-90-77(82)64-60-56-52-48-44-41-37-34-30-26-22-18-14-10-6-2/h9-10,13-14,21-23,25-27,33-38,43-44,47-48,55,59,73-75,80H,5-8,11-12,15-20,24,28-32,39-42,45-46,49-54,56-58,60-72H2,1-4H3,(H,85,86)(H,87,88)/b13-9-,14-10-,25-21-,26-22-,27-23-,36-33-,37-34-,38-35-,47-43-,48-44-,59-55-. The lowest BCUT2D eigenvalue weighted by Gasteiger charge is -2.21. The molecule has 0 amide bonds. The van der Waals surface area contributed by atoms with Crippen LogP contribution in [0.5, 0.6) is 0 Å². The second-order valence-corrected chi connectivity index (χ2v) is 27.4. The fourth-order valence-corrected chi connectivity index (χ4v) is 11.1. The van der Waals surface area contributed by atoms with Crippen LogP contribution in [0, 0.1) is 0 Å². The largest absolute Gasteiger partial charge is 0.472 e. The van der Waals surface area contributed by atoms with Crippen molar-refractivity contribution in [1.82, 2.24) is 0 Å². The second kappa shape index (κ2) is 70.6. The highest BCUT2D eigenvalue weighted by Gasteiger charge is 2.30. The molecular formula is C79H132O17P2. The SMILES string of the molecule is CC/C=C\C/C=C\C/C=C\C/C=C\C/C=C\CC(=O)OCC(COP(=O)(O)OCC(O)COP(=O)(O)OCC(COC(=O)CCCC/C=C\C/C=C\C/C=C\C/C=C\CC)OC(=O)CCCCCCC/C=C\C/C=C\CCCCC)OC(=O)CCCCCCCCCCCCCCC. The molecule has 0 aromatic heterocycles. The van der Waals surface area contributed by atoms with Crippen molar-refractivity contribution < 1.29 is 80.2 Å². The molecule has 0 saturated carbocycles.